The fourth-order valence-electron chi connectivity index (χ4n) is 2.12. The third kappa shape index (κ3) is 3.32. The molecule has 15 heavy (non-hydrogen) atoms. The number of nitrogens with zero attached hydrogens (tertiary/aromatic N) is 1. The van der Waals surface area contributed by atoms with Gasteiger partial charge in [0.25, 0.3) is 0 Å². The van der Waals surface area contributed by atoms with Crippen molar-refractivity contribution < 1.29 is 4.74 Å². The first-order valence-electron chi connectivity index (χ1n) is 6.03. The van der Waals surface area contributed by atoms with Crippen molar-refractivity contribution in [3.05, 3.63) is 11.6 Å². The maximum absolute atomic E-state index is 5.74. The quantitative estimate of drug-likeness (QED) is 0.651. The molecule has 1 unspecified atom stereocenters. The molecule has 1 saturated heterocycles. The van der Waals surface area contributed by atoms with Gasteiger partial charge in [0.15, 0.2) is 0 Å². The molecule has 1 heterocycles. The highest BCUT2D eigenvalue weighted by molar-refractivity contribution is 5.06. The van der Waals surface area contributed by atoms with Gasteiger partial charge >= 0.3 is 0 Å². The Kier molecular flexibility index (Phi) is 4.81. The van der Waals surface area contributed by atoms with E-state index < -0.39 is 0 Å². The predicted octanol–water partition coefficient (Wildman–Crippen LogP) is 2.70. The van der Waals surface area contributed by atoms with Crippen LogP contribution in [0.4, 0.5) is 0 Å². The van der Waals surface area contributed by atoms with E-state index in [1.54, 1.807) is 0 Å². The lowest BCUT2D eigenvalue weighted by Gasteiger charge is -2.35. The first-order chi connectivity index (χ1) is 7.06. The molecule has 0 N–H and O–H groups in total. The summed E-state index contributed by atoms with van der Waals surface area (Å²) in [6.45, 7) is 14.0. The fraction of sp³-hybridized carbons (Fsp3) is 0.846. The zero-order valence-electron chi connectivity index (χ0n) is 10.8. The lowest BCUT2D eigenvalue weighted by molar-refractivity contribution is 0.0631. The Morgan fingerprint density at radius 1 is 1.33 bits per heavy atom. The van der Waals surface area contributed by atoms with Crippen LogP contribution < -0.4 is 0 Å². The fourth-order valence-corrected chi connectivity index (χ4v) is 2.12. The minimum atomic E-state index is 0.558. The van der Waals surface area contributed by atoms with Crippen molar-refractivity contribution in [1.82, 2.24) is 4.90 Å². The van der Waals surface area contributed by atoms with Crippen LogP contribution in [0.1, 0.15) is 34.6 Å². The van der Waals surface area contributed by atoms with E-state index >= 15 is 0 Å². The Labute approximate surface area is 94.3 Å². The molecule has 0 aromatic heterocycles. The molecule has 2 nitrogen and oxygen atoms in total. The smallest absolute Gasteiger partial charge is 0.0689 e. The summed E-state index contributed by atoms with van der Waals surface area (Å²) < 4.78 is 5.74. The largest absolute Gasteiger partial charge is 0.375 e. The van der Waals surface area contributed by atoms with Crippen LogP contribution in [0.2, 0.25) is 0 Å². The van der Waals surface area contributed by atoms with E-state index in [-0.39, 0.29) is 0 Å². The van der Waals surface area contributed by atoms with Crippen molar-refractivity contribution >= 4 is 0 Å². The van der Waals surface area contributed by atoms with Crippen molar-refractivity contribution in [3.8, 4) is 0 Å². The van der Waals surface area contributed by atoms with Crippen LogP contribution in [-0.4, -0.2) is 36.7 Å². The molecule has 0 bridgehead atoms. The minimum Gasteiger partial charge on any atom is -0.375 e. The molecule has 88 valence electrons. The summed E-state index contributed by atoms with van der Waals surface area (Å²) in [6.07, 6.45) is 2.19. The lowest BCUT2D eigenvalue weighted by atomic mass is 10.0. The van der Waals surface area contributed by atoms with Crippen molar-refractivity contribution in [2.45, 2.75) is 46.7 Å². The van der Waals surface area contributed by atoms with Crippen LogP contribution in [0.5, 0.6) is 0 Å². The van der Waals surface area contributed by atoms with E-state index in [1.807, 2.05) is 0 Å². The van der Waals surface area contributed by atoms with Gasteiger partial charge in [-0.2, -0.15) is 0 Å². The number of hydrogen-bond acceptors (Lipinski definition) is 2. The molecular formula is C13H25NO. The van der Waals surface area contributed by atoms with Crippen molar-refractivity contribution in [3.63, 3.8) is 0 Å². The minimum absolute atomic E-state index is 0.558. The van der Waals surface area contributed by atoms with E-state index in [1.165, 1.54) is 5.57 Å². The first-order valence-corrected chi connectivity index (χ1v) is 6.03. The zero-order chi connectivity index (χ0) is 11.4. The summed E-state index contributed by atoms with van der Waals surface area (Å²) in [5.41, 5.74) is 1.41. The molecular weight excluding hydrogens is 186 g/mol. The SMILES string of the molecule is C/C=C1\COCC(C(C)C)N(C(C)C)C1. The first kappa shape index (κ1) is 12.7. The number of hydrogen-bond donors (Lipinski definition) is 0. The Balaban J connectivity index is 2.79. The normalized spacial score (nSPS) is 27.7. The van der Waals surface area contributed by atoms with E-state index in [4.69, 9.17) is 4.74 Å². The predicted molar refractivity (Wildman–Crippen MR) is 65.0 cm³/mol. The molecule has 1 aliphatic heterocycles. The van der Waals surface area contributed by atoms with Crippen molar-refractivity contribution in [2.24, 2.45) is 5.92 Å². The van der Waals surface area contributed by atoms with Crippen molar-refractivity contribution in [1.29, 1.82) is 0 Å². The summed E-state index contributed by atoms with van der Waals surface area (Å²) in [5.74, 6) is 0.656. The summed E-state index contributed by atoms with van der Waals surface area (Å²) in [5, 5.41) is 0. The molecule has 0 radical (unpaired) electrons. The van der Waals surface area contributed by atoms with Gasteiger partial charge in [0.05, 0.1) is 13.2 Å². The zero-order valence-corrected chi connectivity index (χ0v) is 10.8. The molecule has 1 fully saturated rings. The Bertz CT molecular complexity index is 221. The highest BCUT2D eigenvalue weighted by Crippen LogP contribution is 2.20. The summed E-state index contributed by atoms with van der Waals surface area (Å²) in [4.78, 5) is 2.56. The molecule has 1 atom stereocenters. The molecule has 0 saturated carbocycles. The Morgan fingerprint density at radius 2 is 2.00 bits per heavy atom. The van der Waals surface area contributed by atoms with Gasteiger partial charge in [0.2, 0.25) is 0 Å². The Hall–Kier alpha value is -0.340. The van der Waals surface area contributed by atoms with Crippen LogP contribution in [0.15, 0.2) is 11.6 Å². The molecule has 0 aromatic carbocycles. The van der Waals surface area contributed by atoms with Gasteiger partial charge in [-0.15, -0.1) is 0 Å². The van der Waals surface area contributed by atoms with Gasteiger partial charge in [-0.1, -0.05) is 19.9 Å². The summed E-state index contributed by atoms with van der Waals surface area (Å²) in [7, 11) is 0. The van der Waals surface area contributed by atoms with Crippen LogP contribution in [0.25, 0.3) is 0 Å². The van der Waals surface area contributed by atoms with E-state index in [9.17, 15) is 0 Å². The molecule has 0 aliphatic carbocycles. The number of rotatable bonds is 2. The summed E-state index contributed by atoms with van der Waals surface area (Å²) >= 11 is 0. The standard InChI is InChI=1S/C13H25NO/c1-6-12-7-14(11(4)5)13(10(2)3)9-15-8-12/h6,10-11,13H,7-9H2,1-5H3/b12-6-. The topological polar surface area (TPSA) is 12.5 Å². The summed E-state index contributed by atoms with van der Waals surface area (Å²) in [6, 6.07) is 1.15. The van der Waals surface area contributed by atoms with Crippen LogP contribution in [0, 0.1) is 5.92 Å². The molecule has 0 spiro atoms. The average molecular weight is 211 g/mol. The Morgan fingerprint density at radius 3 is 2.47 bits per heavy atom. The van der Waals surface area contributed by atoms with Gasteiger partial charge < -0.3 is 4.74 Å². The van der Waals surface area contributed by atoms with Crippen LogP contribution in [0.3, 0.4) is 0 Å². The maximum Gasteiger partial charge on any atom is 0.0689 e. The molecule has 2 heteroatoms. The van der Waals surface area contributed by atoms with Gasteiger partial charge in [-0.05, 0) is 32.3 Å². The van der Waals surface area contributed by atoms with Crippen LogP contribution >= 0.6 is 0 Å². The third-order valence-electron chi connectivity index (χ3n) is 3.23. The average Bonchev–Trinajstić information content (AvgIpc) is 2.38. The molecule has 0 aromatic rings. The van der Waals surface area contributed by atoms with Gasteiger partial charge in [0.1, 0.15) is 0 Å². The molecule has 1 aliphatic rings. The second kappa shape index (κ2) is 5.66. The van der Waals surface area contributed by atoms with E-state index in [2.05, 4.69) is 45.6 Å². The maximum atomic E-state index is 5.74. The second-order valence-electron chi connectivity index (χ2n) is 5.04. The van der Waals surface area contributed by atoms with Crippen LogP contribution in [-0.2, 0) is 4.74 Å². The van der Waals surface area contributed by atoms with Crippen molar-refractivity contribution in [2.75, 3.05) is 19.8 Å². The monoisotopic (exact) mass is 211 g/mol. The molecule has 0 amide bonds. The van der Waals surface area contributed by atoms with Gasteiger partial charge in [-0.25, -0.2) is 0 Å². The molecule has 1 rings (SSSR count). The number of ether oxygens (including phenoxy) is 1. The van der Waals surface area contributed by atoms with E-state index in [0.29, 0.717) is 18.0 Å². The lowest BCUT2D eigenvalue weighted by Crippen LogP contribution is -2.45. The van der Waals surface area contributed by atoms with Gasteiger partial charge in [-0.3, -0.25) is 4.90 Å². The highest BCUT2D eigenvalue weighted by Gasteiger charge is 2.27. The van der Waals surface area contributed by atoms with E-state index in [0.717, 1.165) is 19.8 Å². The number of allylic oxidation sites excluding steroid dienone is 1. The second-order valence-corrected chi connectivity index (χ2v) is 5.04. The van der Waals surface area contributed by atoms with Gasteiger partial charge in [0, 0.05) is 18.6 Å². The highest BCUT2D eigenvalue weighted by atomic mass is 16.5. The third-order valence-corrected chi connectivity index (χ3v) is 3.23.